The third kappa shape index (κ3) is 7.04. The molecule has 0 aliphatic carbocycles. The highest BCUT2D eigenvalue weighted by molar-refractivity contribution is 5.85. The van der Waals surface area contributed by atoms with Gasteiger partial charge in [0.2, 0.25) is 11.8 Å². The molecule has 0 bridgehead atoms. The van der Waals surface area contributed by atoms with Crippen molar-refractivity contribution >= 4 is 23.8 Å². The van der Waals surface area contributed by atoms with Gasteiger partial charge in [0.05, 0.1) is 35.9 Å². The fourth-order valence-corrected chi connectivity index (χ4v) is 7.29. The maximum Gasteiger partial charge on any atom is 0.320 e. The van der Waals surface area contributed by atoms with Gasteiger partial charge in [-0.3, -0.25) is 9.59 Å². The number of aromatic amines is 2. The van der Waals surface area contributed by atoms with E-state index >= 15 is 0 Å². The molecule has 4 atom stereocenters. The number of carbonyl (C=O) groups is 2. The largest absolute Gasteiger partial charge is 0.351 e. The van der Waals surface area contributed by atoms with Gasteiger partial charge < -0.3 is 35.3 Å². The van der Waals surface area contributed by atoms with Gasteiger partial charge in [0.1, 0.15) is 17.7 Å². The minimum absolute atomic E-state index is 0.00496. The number of nitrogens with one attached hydrogen (secondary N) is 3. The number of hydrogen-bond acceptors (Lipinski definition) is 9. The Morgan fingerprint density at radius 2 is 1.23 bits per heavy atom. The van der Waals surface area contributed by atoms with Gasteiger partial charge in [-0.25, -0.2) is 9.97 Å². The summed E-state index contributed by atoms with van der Waals surface area (Å²) in [6, 6.07) is 16.1. The van der Waals surface area contributed by atoms with Crippen molar-refractivity contribution in [3.05, 3.63) is 72.6 Å². The molecule has 13 heteroatoms. The fraction of sp³-hybridized carbons (Fsp3) is 0.436. The van der Waals surface area contributed by atoms with E-state index in [1.165, 1.54) is 0 Å². The average Bonchev–Trinajstić information content (AvgIpc) is 3.99. The lowest BCUT2D eigenvalue weighted by Gasteiger charge is -2.30. The van der Waals surface area contributed by atoms with Crippen molar-refractivity contribution in [2.24, 2.45) is 17.8 Å². The van der Waals surface area contributed by atoms with Crippen molar-refractivity contribution in [3.8, 4) is 33.6 Å². The molecular weight excluding hydrogens is 656 g/mol. The summed E-state index contributed by atoms with van der Waals surface area (Å²) in [4.78, 5) is 51.2. The maximum absolute atomic E-state index is 13.7. The molecule has 5 N–H and O–H groups in total. The Balaban J connectivity index is 1.00. The number of carbonyl (C=O) groups excluding carboxylic acids is 2. The monoisotopic (exact) mass is 704 g/mol. The Morgan fingerprint density at radius 1 is 0.750 bits per heavy atom. The van der Waals surface area contributed by atoms with Crippen LogP contribution in [0.25, 0.3) is 33.6 Å². The Kier molecular flexibility index (Phi) is 9.85. The number of anilines is 2. The molecular formula is C39H48N10O3. The molecule has 2 aromatic carbocycles. The van der Waals surface area contributed by atoms with E-state index in [0.29, 0.717) is 12.5 Å². The zero-order valence-electron chi connectivity index (χ0n) is 30.5. The topological polar surface area (TPSA) is 175 Å². The van der Waals surface area contributed by atoms with Crippen LogP contribution in [0.5, 0.6) is 0 Å². The highest BCUT2D eigenvalue weighted by Crippen LogP contribution is 2.35. The molecule has 2 amide bonds. The van der Waals surface area contributed by atoms with Crippen LogP contribution in [-0.4, -0.2) is 70.8 Å². The lowest BCUT2D eigenvalue weighted by atomic mass is 9.96. The molecule has 2 fully saturated rings. The van der Waals surface area contributed by atoms with Gasteiger partial charge in [-0.15, -0.1) is 0 Å². The highest BCUT2D eigenvalue weighted by atomic mass is 16.5. The van der Waals surface area contributed by atoms with Crippen molar-refractivity contribution in [1.29, 1.82) is 0 Å². The van der Waals surface area contributed by atoms with Crippen molar-refractivity contribution in [3.63, 3.8) is 0 Å². The lowest BCUT2D eigenvalue weighted by molar-refractivity contribution is -0.137. The molecule has 0 unspecified atom stereocenters. The van der Waals surface area contributed by atoms with Crippen LogP contribution < -0.4 is 11.1 Å². The predicted molar refractivity (Wildman–Crippen MR) is 199 cm³/mol. The van der Waals surface area contributed by atoms with Crippen LogP contribution in [0.1, 0.15) is 84.0 Å². The predicted octanol–water partition coefficient (Wildman–Crippen LogP) is 6.85. The maximum atomic E-state index is 13.7. The van der Waals surface area contributed by atoms with Crippen molar-refractivity contribution in [2.45, 2.75) is 78.4 Å². The quantitative estimate of drug-likeness (QED) is 0.115. The molecule has 2 saturated heterocycles. The summed E-state index contributed by atoms with van der Waals surface area (Å²) in [5.74, 6) is 2.28. The van der Waals surface area contributed by atoms with E-state index in [2.05, 4.69) is 87.8 Å². The lowest BCUT2D eigenvalue weighted by Crippen LogP contribution is -2.45. The summed E-state index contributed by atoms with van der Waals surface area (Å²) in [6.07, 6.45) is 7.34. The molecule has 52 heavy (non-hydrogen) atoms. The number of hydrogen-bond donors (Lipinski definition) is 4. The van der Waals surface area contributed by atoms with Crippen LogP contribution in [0.3, 0.4) is 0 Å². The van der Waals surface area contributed by atoms with Gasteiger partial charge in [-0.05, 0) is 64.9 Å². The Labute approximate surface area is 303 Å². The first-order valence-corrected chi connectivity index (χ1v) is 18.3. The van der Waals surface area contributed by atoms with Crippen LogP contribution in [0.2, 0.25) is 0 Å². The number of rotatable bonds is 11. The van der Waals surface area contributed by atoms with Gasteiger partial charge in [0.15, 0.2) is 0 Å². The summed E-state index contributed by atoms with van der Waals surface area (Å²) in [5.41, 5.74) is 11.7. The summed E-state index contributed by atoms with van der Waals surface area (Å²) in [5, 5.41) is 6.90. The number of imidazole rings is 2. The van der Waals surface area contributed by atoms with Crippen molar-refractivity contribution < 1.29 is 14.1 Å². The first-order chi connectivity index (χ1) is 25.1. The number of nitrogens with two attached hydrogens (primary N) is 1. The first-order valence-electron chi connectivity index (χ1n) is 18.3. The zero-order valence-corrected chi connectivity index (χ0v) is 30.5. The first kappa shape index (κ1) is 35.0. The molecule has 7 rings (SSSR count). The Morgan fingerprint density at radius 3 is 1.67 bits per heavy atom. The molecule has 0 saturated carbocycles. The normalized spacial score (nSPS) is 18.8. The van der Waals surface area contributed by atoms with Gasteiger partial charge in [-0.2, -0.15) is 4.98 Å². The van der Waals surface area contributed by atoms with Crippen molar-refractivity contribution in [1.82, 2.24) is 39.9 Å². The number of amides is 2. The standard InChI is InChI=1S/C39H48N10O3/c1-22(2)24(5)36(50)48-18-6-8-31(48)34-41-20-29(43-34)27-14-10-25(11-15-27)26-12-16-28(17-13-26)30-21-42-35(44-30)32-9-7-19-49(32)37(51)33(23(3)4)45-39-46-38(40)52-47-39/h10-17,20-24,31-33H,6-9,18-19H2,1-5H3,(H,41,43)(H,42,44)(H3,40,45,46,47)/t24-,31-,32-,33-/m0/s1. The highest BCUT2D eigenvalue weighted by Gasteiger charge is 2.38. The second-order valence-electron chi connectivity index (χ2n) is 14.8. The SMILES string of the molecule is CC(C)[C@H](C)C(=O)N1CCC[C@H]1c1ncc(-c2ccc(-c3ccc(-c4cnc([C@@H]5CCCN5C(=O)[C@@H](Nc5noc(N)n5)C(C)C)[nH]4)cc3)cc2)[nH]1. The molecule has 272 valence electrons. The minimum Gasteiger partial charge on any atom is -0.351 e. The minimum atomic E-state index is -0.538. The van der Waals surface area contributed by atoms with E-state index in [1.807, 2.05) is 43.0 Å². The van der Waals surface area contributed by atoms with Crippen LogP contribution in [0, 0.1) is 17.8 Å². The second kappa shape index (κ2) is 14.6. The average molecular weight is 705 g/mol. The second-order valence-corrected chi connectivity index (χ2v) is 14.8. The molecule has 0 radical (unpaired) electrons. The van der Waals surface area contributed by atoms with Crippen molar-refractivity contribution in [2.75, 3.05) is 24.1 Å². The van der Waals surface area contributed by atoms with E-state index < -0.39 is 6.04 Å². The number of H-pyrrole nitrogens is 2. The zero-order chi connectivity index (χ0) is 36.5. The van der Waals surface area contributed by atoms with E-state index in [1.54, 1.807) is 0 Å². The summed E-state index contributed by atoms with van der Waals surface area (Å²) < 4.78 is 4.87. The number of nitrogen functional groups attached to an aromatic ring is 1. The molecule has 5 heterocycles. The van der Waals surface area contributed by atoms with Gasteiger partial charge in [-0.1, -0.05) is 83.1 Å². The molecule has 5 aromatic rings. The number of nitrogens with zero attached hydrogens (tertiary/aromatic N) is 6. The molecule has 2 aliphatic heterocycles. The smallest absolute Gasteiger partial charge is 0.320 e. The summed E-state index contributed by atoms with van der Waals surface area (Å²) in [6.45, 7) is 11.6. The van der Waals surface area contributed by atoms with Crippen LogP contribution in [0.4, 0.5) is 12.0 Å². The molecule has 13 nitrogen and oxygen atoms in total. The van der Waals surface area contributed by atoms with Gasteiger partial charge in [0, 0.05) is 19.0 Å². The van der Waals surface area contributed by atoms with Crippen LogP contribution >= 0.6 is 0 Å². The third-order valence-electron chi connectivity index (χ3n) is 10.7. The number of aromatic nitrogens is 6. The molecule has 2 aliphatic rings. The Hall–Kier alpha value is -5.46. The van der Waals surface area contributed by atoms with Gasteiger partial charge in [0.25, 0.3) is 5.95 Å². The number of benzene rings is 2. The van der Waals surface area contributed by atoms with E-state index in [-0.39, 0.29) is 47.7 Å². The Bertz CT molecular complexity index is 1990. The molecule has 0 spiro atoms. The molecule has 3 aromatic heterocycles. The third-order valence-corrected chi connectivity index (χ3v) is 10.7. The van der Waals surface area contributed by atoms with Gasteiger partial charge >= 0.3 is 6.01 Å². The van der Waals surface area contributed by atoms with E-state index in [9.17, 15) is 9.59 Å². The van der Waals surface area contributed by atoms with Crippen LogP contribution in [-0.2, 0) is 9.59 Å². The van der Waals surface area contributed by atoms with E-state index in [0.717, 1.165) is 77.5 Å². The van der Waals surface area contributed by atoms with E-state index in [4.69, 9.17) is 20.2 Å². The fourth-order valence-electron chi connectivity index (χ4n) is 7.29. The summed E-state index contributed by atoms with van der Waals surface area (Å²) >= 11 is 0. The number of likely N-dealkylation sites (tertiary alicyclic amines) is 2. The van der Waals surface area contributed by atoms with Crippen LogP contribution in [0.15, 0.2) is 65.4 Å². The summed E-state index contributed by atoms with van der Waals surface area (Å²) in [7, 11) is 0.